The van der Waals surface area contributed by atoms with E-state index in [1.54, 1.807) is 0 Å². The maximum Gasteiger partial charge on any atom is 0.163 e. The summed E-state index contributed by atoms with van der Waals surface area (Å²) in [5.74, 6) is 4.64. The Kier molecular flexibility index (Phi) is 9.64. The Hall–Kier alpha value is -2.65. The summed E-state index contributed by atoms with van der Waals surface area (Å²) in [6.45, 7) is 7.15. The molecule has 2 aliphatic rings. The Morgan fingerprint density at radius 3 is 2.64 bits per heavy atom. The molecule has 2 aromatic heterocycles. The summed E-state index contributed by atoms with van der Waals surface area (Å²) in [4.78, 5) is 20.2. The minimum absolute atomic E-state index is 0.0404. The van der Waals surface area contributed by atoms with Gasteiger partial charge in [-0.3, -0.25) is 0 Å². The molecule has 1 unspecified atom stereocenters. The molecule has 4 aromatic rings. The molecule has 2 aliphatic heterocycles. The second-order valence-corrected chi connectivity index (χ2v) is 22.8. The molecule has 1 atom stereocenters. The maximum atomic E-state index is 12.9. The third kappa shape index (κ3) is 7.28. The fourth-order valence-corrected chi connectivity index (χ4v) is 19.5. The van der Waals surface area contributed by atoms with E-state index in [0.29, 0.717) is 19.0 Å². The van der Waals surface area contributed by atoms with Gasteiger partial charge in [0.25, 0.3) is 0 Å². The average molecular weight is 664 g/mol. The van der Waals surface area contributed by atoms with Crippen LogP contribution < -0.4 is 20.3 Å². The number of benzene rings is 2. The quantitative estimate of drug-likeness (QED) is 0.201. The zero-order valence-corrected chi connectivity index (χ0v) is 27.6. The van der Waals surface area contributed by atoms with Crippen molar-refractivity contribution >= 4 is 65.6 Å². The molecule has 0 saturated carbocycles. The molecule has 220 valence electrons. The molecule has 8 nitrogen and oxygen atoms in total. The van der Waals surface area contributed by atoms with Crippen LogP contribution in [0.15, 0.2) is 66.9 Å². The Morgan fingerprint density at radius 1 is 1.10 bits per heavy atom. The van der Waals surface area contributed by atoms with Crippen LogP contribution in [0, 0.1) is 0 Å². The van der Waals surface area contributed by atoms with Crippen LogP contribution in [0.4, 0.5) is 17.3 Å². The number of aromatic nitrogens is 3. The minimum atomic E-state index is -0.984. The first-order chi connectivity index (χ1) is 20.5. The third-order valence-corrected chi connectivity index (χ3v) is 21.3. The van der Waals surface area contributed by atoms with E-state index in [-0.39, 0.29) is 11.9 Å². The van der Waals surface area contributed by atoms with Gasteiger partial charge in [-0.25, -0.2) is 4.98 Å². The van der Waals surface area contributed by atoms with Gasteiger partial charge < -0.3 is 5.32 Å². The van der Waals surface area contributed by atoms with Gasteiger partial charge >= 0.3 is 149 Å². The fourth-order valence-electron chi connectivity index (χ4n) is 5.40. The number of nitrogens with one attached hydrogen (secondary N) is 3. The van der Waals surface area contributed by atoms with Gasteiger partial charge in [-0.2, -0.15) is 9.61 Å². The zero-order valence-electron chi connectivity index (χ0n) is 24.1. The summed E-state index contributed by atoms with van der Waals surface area (Å²) in [5, 5.41) is 15.0. The van der Waals surface area contributed by atoms with E-state index in [2.05, 4.69) is 108 Å². The molecule has 11 heteroatoms. The molecule has 6 rings (SSSR count). The van der Waals surface area contributed by atoms with Gasteiger partial charge in [0, 0.05) is 18.2 Å². The average Bonchev–Trinajstić information content (AvgIpc) is 3.68. The number of fused-ring (bicyclic) bond motifs is 1. The minimum Gasteiger partial charge on any atom is -0.211 e. The molecule has 0 radical (unpaired) electrons. The van der Waals surface area contributed by atoms with Crippen LogP contribution in [0.5, 0.6) is 0 Å². The molecular formula is C31H38AsN7OS2. The molecule has 3 N–H and O–H groups in total. The van der Waals surface area contributed by atoms with Crippen LogP contribution in [0.1, 0.15) is 43.7 Å². The molecule has 2 saturated heterocycles. The number of nitrogens with zero attached hydrogens (tertiary/aromatic N) is 4. The molecule has 0 bridgehead atoms. The van der Waals surface area contributed by atoms with Crippen LogP contribution in [-0.4, -0.2) is 74.9 Å². The standard InChI is InChI=1S/C31H38AsN7OS2/c1-22(2)27-19-34-39-29(33-18-23-7-4-3-5-8-23)17-28(37-31(27)39)35-26-9-6-14-38(20-26)21-30(40)36-25-12-10-24(11-13-25)32-41-15-16-42-32/h3-5,7-8,10-13,17,19,22,26,33H,6,9,14-16,18,20-21H2,1-2H3,(H,35,37)(H,36,40). The van der Waals surface area contributed by atoms with Gasteiger partial charge in [0.2, 0.25) is 0 Å². The summed E-state index contributed by atoms with van der Waals surface area (Å²) in [6, 6.07) is 21.2. The summed E-state index contributed by atoms with van der Waals surface area (Å²) in [7, 11) is 4.28. The number of anilines is 3. The van der Waals surface area contributed by atoms with Crippen molar-refractivity contribution in [2.24, 2.45) is 0 Å². The fraction of sp³-hybridized carbons (Fsp3) is 0.387. The molecule has 2 aromatic carbocycles. The van der Waals surface area contributed by atoms with Crippen LogP contribution in [0.2, 0.25) is 0 Å². The Balaban J connectivity index is 1.09. The number of likely N-dealkylation sites (tertiary alicyclic amines) is 1. The first-order valence-corrected chi connectivity index (χ1v) is 22.0. The summed E-state index contributed by atoms with van der Waals surface area (Å²) >= 11 is -0.984. The molecule has 42 heavy (non-hydrogen) atoms. The zero-order chi connectivity index (χ0) is 28.9. The van der Waals surface area contributed by atoms with E-state index < -0.39 is 12.3 Å². The Bertz CT molecular complexity index is 1490. The van der Waals surface area contributed by atoms with Crippen molar-refractivity contribution in [3.8, 4) is 0 Å². The second kappa shape index (κ2) is 13.8. The van der Waals surface area contributed by atoms with E-state index in [9.17, 15) is 4.79 Å². The van der Waals surface area contributed by atoms with Crippen molar-refractivity contribution in [2.75, 3.05) is 47.1 Å². The summed E-state index contributed by atoms with van der Waals surface area (Å²) < 4.78 is 3.38. The van der Waals surface area contributed by atoms with E-state index >= 15 is 0 Å². The first-order valence-electron chi connectivity index (χ1n) is 14.6. The maximum absolute atomic E-state index is 12.9. The van der Waals surface area contributed by atoms with Crippen molar-refractivity contribution in [2.45, 2.75) is 45.2 Å². The monoisotopic (exact) mass is 663 g/mol. The van der Waals surface area contributed by atoms with Crippen molar-refractivity contribution < 1.29 is 4.79 Å². The number of amides is 1. The summed E-state index contributed by atoms with van der Waals surface area (Å²) in [5.41, 5.74) is 4.09. The number of rotatable bonds is 10. The van der Waals surface area contributed by atoms with Crippen LogP contribution >= 0.6 is 20.0 Å². The third-order valence-electron chi connectivity index (χ3n) is 7.52. The number of carbonyl (C=O) groups is 1. The smallest absolute Gasteiger partial charge is 0.163 e. The molecule has 4 heterocycles. The predicted molar refractivity (Wildman–Crippen MR) is 179 cm³/mol. The van der Waals surface area contributed by atoms with Gasteiger partial charge in [-0.1, -0.05) is 44.2 Å². The molecule has 0 spiro atoms. The predicted octanol–water partition coefficient (Wildman–Crippen LogP) is 5.16. The van der Waals surface area contributed by atoms with Crippen LogP contribution in [-0.2, 0) is 11.3 Å². The van der Waals surface area contributed by atoms with E-state index in [0.717, 1.165) is 54.5 Å². The van der Waals surface area contributed by atoms with Gasteiger partial charge in [0.15, 0.2) is 5.65 Å². The van der Waals surface area contributed by atoms with Crippen molar-refractivity contribution in [1.82, 2.24) is 19.5 Å². The van der Waals surface area contributed by atoms with Gasteiger partial charge in [-0.05, 0) is 11.5 Å². The topological polar surface area (TPSA) is 86.6 Å². The van der Waals surface area contributed by atoms with Crippen LogP contribution in [0.25, 0.3) is 5.65 Å². The molecule has 2 fully saturated rings. The number of carbonyl (C=O) groups excluding carboxylic acids is 1. The van der Waals surface area contributed by atoms with E-state index in [1.807, 2.05) is 22.8 Å². The first kappa shape index (κ1) is 29.4. The SMILES string of the molecule is CC(C)c1cnn2c(NCc3ccccc3)cc(NC3CCCN(CC(=O)Nc4ccc([As]5SCCS5)cc4)C3)nc12. The van der Waals surface area contributed by atoms with Gasteiger partial charge in [0.1, 0.15) is 5.82 Å². The van der Waals surface area contributed by atoms with Crippen LogP contribution in [0.3, 0.4) is 0 Å². The molecule has 0 aliphatic carbocycles. The molecular weight excluding hydrogens is 625 g/mol. The van der Waals surface area contributed by atoms with E-state index in [1.165, 1.54) is 21.4 Å². The van der Waals surface area contributed by atoms with Crippen molar-refractivity contribution in [3.63, 3.8) is 0 Å². The van der Waals surface area contributed by atoms with Crippen molar-refractivity contribution in [1.29, 1.82) is 0 Å². The number of hydrogen-bond acceptors (Lipinski definition) is 8. The summed E-state index contributed by atoms with van der Waals surface area (Å²) in [6.07, 6.45) is 4.00. The molecule has 1 amide bonds. The largest absolute Gasteiger partial charge is 0.211 e. The van der Waals surface area contributed by atoms with Gasteiger partial charge in [0.05, 0.1) is 6.20 Å². The Labute approximate surface area is 259 Å². The van der Waals surface area contributed by atoms with Crippen molar-refractivity contribution in [3.05, 3.63) is 78.0 Å². The number of hydrogen-bond donors (Lipinski definition) is 3. The van der Waals surface area contributed by atoms with E-state index in [4.69, 9.17) is 4.98 Å². The number of piperidine rings is 1. The normalized spacial score (nSPS) is 18.0. The second-order valence-electron chi connectivity index (χ2n) is 11.1. The Morgan fingerprint density at radius 2 is 1.88 bits per heavy atom. The van der Waals surface area contributed by atoms with Gasteiger partial charge in [-0.15, -0.1) is 0 Å².